The molecular weight excluding hydrogens is 424 g/mol. The van der Waals surface area contributed by atoms with Crippen LogP contribution in [0.15, 0.2) is 66.9 Å². The molecule has 5 rings (SSSR count). The zero-order valence-electron chi connectivity index (χ0n) is 19.5. The highest BCUT2D eigenvalue weighted by molar-refractivity contribution is 6.01. The van der Waals surface area contributed by atoms with E-state index in [1.165, 1.54) is 11.1 Å². The highest BCUT2D eigenvalue weighted by Gasteiger charge is 2.26. The van der Waals surface area contributed by atoms with Crippen molar-refractivity contribution < 1.29 is 14.3 Å². The number of carbonyl (C=O) groups is 1. The quantitative estimate of drug-likeness (QED) is 0.365. The van der Waals surface area contributed by atoms with Crippen molar-refractivity contribution in [1.82, 2.24) is 4.98 Å². The lowest BCUT2D eigenvalue weighted by molar-refractivity contribution is -0.142. The number of aryl methyl sites for hydroxylation is 2. The minimum Gasteiger partial charge on any atom is -0.485 e. The fourth-order valence-corrected chi connectivity index (χ4v) is 4.77. The van der Waals surface area contributed by atoms with Crippen LogP contribution < -0.4 is 10.5 Å². The Morgan fingerprint density at radius 3 is 2.82 bits per heavy atom. The molecular formula is C29H28N2O3. The summed E-state index contributed by atoms with van der Waals surface area (Å²) >= 11 is 0. The van der Waals surface area contributed by atoms with E-state index in [1.54, 1.807) is 6.20 Å². The minimum absolute atomic E-state index is 0.0700. The second-order valence-corrected chi connectivity index (χ2v) is 8.75. The summed E-state index contributed by atoms with van der Waals surface area (Å²) in [5, 5.41) is 2.04. The minimum atomic E-state index is -0.241. The van der Waals surface area contributed by atoms with Gasteiger partial charge in [-0.1, -0.05) is 42.5 Å². The molecule has 3 aromatic carbocycles. The van der Waals surface area contributed by atoms with Gasteiger partial charge in [0.05, 0.1) is 13.0 Å². The zero-order valence-corrected chi connectivity index (χ0v) is 19.5. The summed E-state index contributed by atoms with van der Waals surface area (Å²) in [6, 6.07) is 20.7. The van der Waals surface area contributed by atoms with E-state index >= 15 is 0 Å². The lowest BCUT2D eigenvalue weighted by Gasteiger charge is -2.19. The number of aromatic nitrogens is 1. The summed E-state index contributed by atoms with van der Waals surface area (Å²) in [6.07, 6.45) is 3.75. The van der Waals surface area contributed by atoms with E-state index in [0.717, 1.165) is 51.6 Å². The number of pyridine rings is 1. The van der Waals surface area contributed by atoms with Gasteiger partial charge in [0.1, 0.15) is 17.7 Å². The first-order valence-electron chi connectivity index (χ1n) is 11.7. The molecule has 172 valence electrons. The number of rotatable bonds is 6. The van der Waals surface area contributed by atoms with E-state index in [1.807, 2.05) is 50.2 Å². The number of benzene rings is 3. The Morgan fingerprint density at radius 1 is 1.09 bits per heavy atom. The van der Waals surface area contributed by atoms with Crippen molar-refractivity contribution in [2.75, 3.05) is 12.3 Å². The summed E-state index contributed by atoms with van der Waals surface area (Å²) in [7, 11) is 0. The van der Waals surface area contributed by atoms with E-state index in [-0.39, 0.29) is 18.5 Å². The third kappa shape index (κ3) is 4.21. The Morgan fingerprint density at radius 2 is 1.97 bits per heavy atom. The second kappa shape index (κ2) is 9.18. The van der Waals surface area contributed by atoms with Crippen molar-refractivity contribution in [3.8, 4) is 16.9 Å². The SMILES string of the molecule is CCOC(=O)Cc1ccc(C)cc1O[C@@H]1CCc2ccc(-c3cccc4c(N)nccc34)cc21. The number of anilines is 1. The van der Waals surface area contributed by atoms with Gasteiger partial charge in [0, 0.05) is 17.1 Å². The van der Waals surface area contributed by atoms with E-state index in [4.69, 9.17) is 15.2 Å². The molecule has 0 aliphatic heterocycles. The summed E-state index contributed by atoms with van der Waals surface area (Å²) < 4.78 is 11.7. The summed E-state index contributed by atoms with van der Waals surface area (Å²) in [5.74, 6) is 1.05. The summed E-state index contributed by atoms with van der Waals surface area (Å²) in [4.78, 5) is 16.4. The molecule has 2 N–H and O–H groups in total. The average molecular weight is 453 g/mol. The summed E-state index contributed by atoms with van der Waals surface area (Å²) in [6.45, 7) is 4.22. The maximum atomic E-state index is 12.1. The molecule has 0 amide bonds. The fourth-order valence-electron chi connectivity index (χ4n) is 4.77. The molecule has 0 bridgehead atoms. The number of hydrogen-bond acceptors (Lipinski definition) is 5. The smallest absolute Gasteiger partial charge is 0.310 e. The van der Waals surface area contributed by atoms with Crippen LogP contribution in [0.25, 0.3) is 21.9 Å². The lowest BCUT2D eigenvalue weighted by Crippen LogP contribution is -2.11. The second-order valence-electron chi connectivity index (χ2n) is 8.75. The molecule has 1 aliphatic carbocycles. The molecule has 5 nitrogen and oxygen atoms in total. The first kappa shape index (κ1) is 22.0. The van der Waals surface area contributed by atoms with Crippen LogP contribution in [0.3, 0.4) is 0 Å². The maximum Gasteiger partial charge on any atom is 0.310 e. The number of ether oxygens (including phenoxy) is 2. The van der Waals surface area contributed by atoms with Crippen LogP contribution in [0.4, 0.5) is 5.82 Å². The first-order chi connectivity index (χ1) is 16.5. The van der Waals surface area contributed by atoms with Crippen molar-refractivity contribution >= 4 is 22.6 Å². The van der Waals surface area contributed by atoms with E-state index < -0.39 is 0 Å². The molecule has 0 saturated heterocycles. The van der Waals surface area contributed by atoms with Gasteiger partial charge in [-0.25, -0.2) is 4.98 Å². The number of fused-ring (bicyclic) bond motifs is 2. The van der Waals surface area contributed by atoms with Crippen LogP contribution in [-0.4, -0.2) is 17.6 Å². The Balaban J connectivity index is 1.49. The van der Waals surface area contributed by atoms with E-state index in [9.17, 15) is 4.79 Å². The van der Waals surface area contributed by atoms with Crippen molar-refractivity contribution in [2.45, 2.75) is 39.2 Å². The van der Waals surface area contributed by atoms with Gasteiger partial charge < -0.3 is 15.2 Å². The number of nitrogens with zero attached hydrogens (tertiary/aromatic N) is 1. The Hall–Kier alpha value is -3.86. The molecule has 0 spiro atoms. The molecule has 0 saturated carbocycles. The van der Waals surface area contributed by atoms with Gasteiger partial charge >= 0.3 is 5.97 Å². The number of hydrogen-bond donors (Lipinski definition) is 1. The third-order valence-electron chi connectivity index (χ3n) is 6.45. The predicted octanol–water partition coefficient (Wildman–Crippen LogP) is 5.96. The van der Waals surface area contributed by atoms with Gasteiger partial charge in [-0.2, -0.15) is 0 Å². The van der Waals surface area contributed by atoms with Gasteiger partial charge in [0.2, 0.25) is 0 Å². The number of carbonyl (C=O) groups excluding carboxylic acids is 1. The van der Waals surface area contributed by atoms with Crippen molar-refractivity contribution in [3.05, 3.63) is 89.1 Å². The summed E-state index contributed by atoms with van der Waals surface area (Å²) in [5.41, 5.74) is 12.8. The molecule has 1 heterocycles. The molecule has 0 unspecified atom stereocenters. The molecule has 0 radical (unpaired) electrons. The van der Waals surface area contributed by atoms with E-state index in [0.29, 0.717) is 12.4 Å². The molecule has 1 aliphatic rings. The highest BCUT2D eigenvalue weighted by Crippen LogP contribution is 2.40. The Bertz CT molecular complexity index is 1380. The number of nitrogen functional groups attached to an aromatic ring is 1. The van der Waals surface area contributed by atoms with Crippen LogP contribution in [-0.2, 0) is 22.4 Å². The van der Waals surface area contributed by atoms with Crippen LogP contribution >= 0.6 is 0 Å². The van der Waals surface area contributed by atoms with Crippen LogP contribution in [0, 0.1) is 6.92 Å². The van der Waals surface area contributed by atoms with Crippen LogP contribution in [0.1, 0.15) is 41.7 Å². The topological polar surface area (TPSA) is 74.4 Å². The van der Waals surface area contributed by atoms with Gasteiger partial charge in [-0.3, -0.25) is 4.79 Å². The van der Waals surface area contributed by atoms with Crippen molar-refractivity contribution in [3.63, 3.8) is 0 Å². The first-order valence-corrected chi connectivity index (χ1v) is 11.7. The average Bonchev–Trinajstić information content (AvgIpc) is 3.23. The van der Waals surface area contributed by atoms with Gasteiger partial charge in [-0.15, -0.1) is 0 Å². The van der Waals surface area contributed by atoms with Crippen molar-refractivity contribution in [2.24, 2.45) is 0 Å². The zero-order chi connectivity index (χ0) is 23.7. The normalized spacial score (nSPS) is 14.7. The monoisotopic (exact) mass is 452 g/mol. The van der Waals surface area contributed by atoms with Crippen LogP contribution in [0.2, 0.25) is 0 Å². The number of esters is 1. The highest BCUT2D eigenvalue weighted by atomic mass is 16.5. The van der Waals surface area contributed by atoms with Gasteiger partial charge in [0.15, 0.2) is 0 Å². The third-order valence-corrected chi connectivity index (χ3v) is 6.45. The lowest BCUT2D eigenvalue weighted by atomic mass is 9.96. The Kier molecular flexibility index (Phi) is 5.93. The molecule has 34 heavy (non-hydrogen) atoms. The van der Waals surface area contributed by atoms with Gasteiger partial charge in [-0.05, 0) is 78.1 Å². The molecule has 1 atom stereocenters. The molecule has 4 aromatic rings. The van der Waals surface area contributed by atoms with E-state index in [2.05, 4.69) is 29.2 Å². The number of nitrogens with two attached hydrogens (primary N) is 1. The standard InChI is InChI=1S/C29H28N2O3/c1-3-33-28(32)17-21-8-7-18(2)15-27(21)34-26-12-11-19-9-10-20(16-25(19)26)22-5-4-6-24-23(22)13-14-31-29(24)30/h4-10,13-16,26H,3,11-12,17H2,1-2H3,(H2,30,31)/t26-/m1/s1. The largest absolute Gasteiger partial charge is 0.485 e. The predicted molar refractivity (Wildman–Crippen MR) is 135 cm³/mol. The Labute approximate surface area is 199 Å². The van der Waals surface area contributed by atoms with Crippen LogP contribution in [0.5, 0.6) is 5.75 Å². The molecule has 1 aromatic heterocycles. The fraction of sp³-hybridized carbons (Fsp3) is 0.241. The van der Waals surface area contributed by atoms with Crippen molar-refractivity contribution in [1.29, 1.82) is 0 Å². The maximum absolute atomic E-state index is 12.1. The van der Waals surface area contributed by atoms with Gasteiger partial charge in [0.25, 0.3) is 0 Å². The molecule has 5 heteroatoms. The molecule has 0 fully saturated rings.